The molecule has 0 atom stereocenters. The first-order valence-electron chi connectivity index (χ1n) is 21.5. The fraction of sp³-hybridized carbons (Fsp3) is 0. The van der Waals surface area contributed by atoms with E-state index >= 15 is 0 Å². The van der Waals surface area contributed by atoms with Crippen molar-refractivity contribution in [3.05, 3.63) is 219 Å². The van der Waals surface area contributed by atoms with Gasteiger partial charge < -0.3 is 4.42 Å². The van der Waals surface area contributed by atoms with Crippen molar-refractivity contribution < 1.29 is 4.42 Å². The van der Waals surface area contributed by atoms with Gasteiger partial charge in [-0.2, -0.15) is 0 Å². The molecular formula is C60H36N2O. The summed E-state index contributed by atoms with van der Waals surface area (Å²) in [6.45, 7) is 0. The third-order valence-corrected chi connectivity index (χ3v) is 12.9. The van der Waals surface area contributed by atoms with Crippen LogP contribution in [0.2, 0.25) is 0 Å². The first-order valence-corrected chi connectivity index (χ1v) is 21.5. The topological polar surface area (TPSA) is 38.9 Å². The minimum atomic E-state index is 0.844. The van der Waals surface area contributed by atoms with Crippen LogP contribution in [0.15, 0.2) is 223 Å². The molecule has 13 aromatic rings. The Labute approximate surface area is 363 Å². The average molecular weight is 801 g/mol. The molecule has 0 aliphatic rings. The maximum Gasteiger partial charge on any atom is 0.143 e. The van der Waals surface area contributed by atoms with Gasteiger partial charge in [0.2, 0.25) is 0 Å². The molecule has 0 spiro atoms. The van der Waals surface area contributed by atoms with E-state index in [4.69, 9.17) is 14.4 Å². The zero-order valence-corrected chi connectivity index (χ0v) is 34.1. The summed E-state index contributed by atoms with van der Waals surface area (Å²) in [5.41, 5.74) is 12.6. The molecule has 292 valence electrons. The van der Waals surface area contributed by atoms with E-state index in [1.165, 1.54) is 32.3 Å². The highest BCUT2D eigenvalue weighted by atomic mass is 16.3. The Morgan fingerprint density at radius 1 is 0.317 bits per heavy atom. The lowest BCUT2D eigenvalue weighted by Gasteiger charge is -2.15. The smallest absolute Gasteiger partial charge is 0.143 e. The van der Waals surface area contributed by atoms with Gasteiger partial charge in [-0.15, -0.1) is 0 Å². The molecule has 0 fully saturated rings. The molecular weight excluding hydrogens is 765 g/mol. The second kappa shape index (κ2) is 14.1. The third-order valence-electron chi connectivity index (χ3n) is 12.9. The maximum absolute atomic E-state index is 7.34. The maximum atomic E-state index is 7.34. The molecule has 0 aliphatic heterocycles. The molecule has 3 aromatic heterocycles. The summed E-state index contributed by atoms with van der Waals surface area (Å²) in [4.78, 5) is 9.98. The van der Waals surface area contributed by atoms with Crippen LogP contribution in [0.5, 0.6) is 0 Å². The Kier molecular flexibility index (Phi) is 7.91. The van der Waals surface area contributed by atoms with Gasteiger partial charge in [-0.1, -0.05) is 188 Å². The molecule has 0 saturated heterocycles. The third kappa shape index (κ3) is 5.60. The van der Waals surface area contributed by atoms with Gasteiger partial charge in [0, 0.05) is 44.8 Å². The lowest BCUT2D eigenvalue weighted by atomic mass is 9.87. The van der Waals surface area contributed by atoms with Crippen LogP contribution in [0.1, 0.15) is 0 Å². The van der Waals surface area contributed by atoms with Crippen molar-refractivity contribution in [2.24, 2.45) is 0 Å². The molecule has 0 amide bonds. The van der Waals surface area contributed by atoms with Crippen molar-refractivity contribution in [3.8, 4) is 67.3 Å². The standard InChI is InChI=1S/C60H36N2O/c1-3-12-37(13-4-1)55-56(59(43-14-5-2-6-15-43)63-60(55)51-31-28-40-24-23-38-16-9-17-39-27-30-50(51)54(40)53(38)39)45-19-10-18-44(36-45)46-32-33-49(48-22-8-7-21-47(46)48)52-34-29-42-26-25-41-20-11-35-61-57(41)58(42)62-52/h1-36H. The summed E-state index contributed by atoms with van der Waals surface area (Å²) in [7, 11) is 0. The lowest BCUT2D eigenvalue weighted by molar-refractivity contribution is 0.599. The number of furan rings is 1. The molecule has 3 heteroatoms. The van der Waals surface area contributed by atoms with E-state index in [9.17, 15) is 0 Å². The Bertz CT molecular complexity index is 3890. The van der Waals surface area contributed by atoms with E-state index in [1.807, 2.05) is 12.3 Å². The summed E-state index contributed by atoms with van der Waals surface area (Å²) in [5, 5.41) is 11.9. The van der Waals surface area contributed by atoms with Gasteiger partial charge in [-0.25, -0.2) is 4.98 Å². The van der Waals surface area contributed by atoms with E-state index in [1.54, 1.807) is 0 Å². The van der Waals surface area contributed by atoms with Crippen LogP contribution in [0.4, 0.5) is 0 Å². The average Bonchev–Trinajstić information content (AvgIpc) is 3.76. The highest BCUT2D eigenvalue weighted by Crippen LogP contribution is 2.51. The fourth-order valence-corrected chi connectivity index (χ4v) is 9.99. The van der Waals surface area contributed by atoms with E-state index in [0.29, 0.717) is 0 Å². The Morgan fingerprint density at radius 3 is 1.68 bits per heavy atom. The highest BCUT2D eigenvalue weighted by molar-refractivity contribution is 6.26. The molecule has 0 unspecified atom stereocenters. The normalized spacial score (nSPS) is 11.8. The van der Waals surface area contributed by atoms with Crippen molar-refractivity contribution >= 4 is 64.9 Å². The van der Waals surface area contributed by atoms with E-state index < -0.39 is 0 Å². The number of pyridine rings is 2. The molecule has 63 heavy (non-hydrogen) atoms. The van der Waals surface area contributed by atoms with E-state index in [0.717, 1.165) is 99.9 Å². The first-order chi connectivity index (χ1) is 31.2. The Morgan fingerprint density at radius 2 is 0.873 bits per heavy atom. The van der Waals surface area contributed by atoms with Crippen molar-refractivity contribution in [1.82, 2.24) is 9.97 Å². The number of hydrogen-bond donors (Lipinski definition) is 0. The van der Waals surface area contributed by atoms with Crippen molar-refractivity contribution in [2.45, 2.75) is 0 Å². The van der Waals surface area contributed by atoms with Gasteiger partial charge in [0.05, 0.1) is 16.7 Å². The second-order valence-electron chi connectivity index (χ2n) is 16.4. The molecule has 10 aromatic carbocycles. The predicted molar refractivity (Wildman–Crippen MR) is 263 cm³/mol. The fourth-order valence-electron chi connectivity index (χ4n) is 9.99. The second-order valence-corrected chi connectivity index (χ2v) is 16.4. The van der Waals surface area contributed by atoms with Crippen LogP contribution < -0.4 is 0 Å². The Hall–Kier alpha value is -8.40. The van der Waals surface area contributed by atoms with Crippen molar-refractivity contribution in [2.75, 3.05) is 0 Å². The number of nitrogens with zero attached hydrogens (tertiary/aromatic N) is 2. The molecule has 0 aliphatic carbocycles. The predicted octanol–water partition coefficient (Wildman–Crippen LogP) is 16.4. The quantitative estimate of drug-likeness (QED) is 0.157. The summed E-state index contributed by atoms with van der Waals surface area (Å²) >= 11 is 0. The van der Waals surface area contributed by atoms with Crippen LogP contribution in [-0.2, 0) is 0 Å². The Balaban J connectivity index is 1.03. The largest absolute Gasteiger partial charge is 0.455 e. The molecule has 3 nitrogen and oxygen atoms in total. The number of hydrogen-bond acceptors (Lipinski definition) is 3. The van der Waals surface area contributed by atoms with Crippen LogP contribution in [0.3, 0.4) is 0 Å². The molecule has 0 radical (unpaired) electrons. The highest BCUT2D eigenvalue weighted by Gasteiger charge is 2.27. The van der Waals surface area contributed by atoms with Crippen molar-refractivity contribution in [3.63, 3.8) is 0 Å². The van der Waals surface area contributed by atoms with Gasteiger partial charge in [0.25, 0.3) is 0 Å². The minimum absolute atomic E-state index is 0.844. The molecule has 0 saturated carbocycles. The van der Waals surface area contributed by atoms with Gasteiger partial charge in [0.1, 0.15) is 11.5 Å². The number of rotatable bonds is 6. The van der Waals surface area contributed by atoms with Crippen LogP contribution in [0, 0.1) is 0 Å². The van der Waals surface area contributed by atoms with Crippen LogP contribution in [-0.4, -0.2) is 9.97 Å². The zero-order chi connectivity index (χ0) is 41.4. The summed E-state index contributed by atoms with van der Waals surface area (Å²) in [6, 6.07) is 76.1. The van der Waals surface area contributed by atoms with Gasteiger partial charge >= 0.3 is 0 Å². The van der Waals surface area contributed by atoms with Crippen molar-refractivity contribution in [1.29, 1.82) is 0 Å². The van der Waals surface area contributed by atoms with Gasteiger partial charge in [-0.3, -0.25) is 4.98 Å². The monoisotopic (exact) mass is 800 g/mol. The van der Waals surface area contributed by atoms with Crippen LogP contribution >= 0.6 is 0 Å². The summed E-state index contributed by atoms with van der Waals surface area (Å²) in [5.74, 6) is 1.70. The lowest BCUT2D eigenvalue weighted by Crippen LogP contribution is -1.91. The summed E-state index contributed by atoms with van der Waals surface area (Å²) < 4.78 is 7.34. The number of benzene rings is 10. The van der Waals surface area contributed by atoms with E-state index in [-0.39, 0.29) is 0 Å². The SMILES string of the molecule is c1ccc(-c2oc(-c3ccc4ccc5cccc6ccc3c4c56)c(-c3ccccc3)c2-c2cccc(-c3ccc(-c4ccc5ccc6cccnc6c5n4)c4ccccc34)c2)cc1. The molecule has 13 rings (SSSR count). The van der Waals surface area contributed by atoms with Crippen LogP contribution in [0.25, 0.3) is 132 Å². The van der Waals surface area contributed by atoms with E-state index in [2.05, 4.69) is 206 Å². The number of aromatic nitrogens is 2. The van der Waals surface area contributed by atoms with Gasteiger partial charge in [-0.05, 0) is 89.6 Å². The minimum Gasteiger partial charge on any atom is -0.455 e. The van der Waals surface area contributed by atoms with Gasteiger partial charge in [0.15, 0.2) is 0 Å². The molecule has 0 N–H and O–H groups in total. The number of fused-ring (bicyclic) bond motifs is 4. The molecule has 3 heterocycles. The summed E-state index contributed by atoms with van der Waals surface area (Å²) in [6.07, 6.45) is 1.84. The first kappa shape index (κ1) is 35.4. The molecule has 0 bridgehead atoms. The zero-order valence-electron chi connectivity index (χ0n) is 34.1.